The summed E-state index contributed by atoms with van der Waals surface area (Å²) in [6.07, 6.45) is -0.203. The standard InChI is InChI=1S/C9H9F2N3O/c1-5-2-7(8(10)11)14-9(13-5)6(3-12)4-15/h2-4,8H,1,12H2,(H,13,14). The van der Waals surface area contributed by atoms with Crippen molar-refractivity contribution in [1.29, 1.82) is 0 Å². The number of nitrogens with zero attached hydrogens (tertiary/aromatic N) is 1. The molecule has 80 valence electrons. The Hall–Kier alpha value is -1.98. The first-order valence-electron chi connectivity index (χ1n) is 4.00. The number of alkyl halides is 2. The minimum atomic E-state index is -2.72. The molecule has 4 nitrogen and oxygen atoms in total. The first-order chi connectivity index (χ1) is 7.08. The van der Waals surface area contributed by atoms with Crippen LogP contribution < -0.4 is 11.1 Å². The number of amidine groups is 1. The van der Waals surface area contributed by atoms with Crippen LogP contribution in [0.1, 0.15) is 0 Å². The van der Waals surface area contributed by atoms with Crippen molar-refractivity contribution in [3.05, 3.63) is 35.8 Å². The van der Waals surface area contributed by atoms with Crippen molar-refractivity contribution in [3.63, 3.8) is 0 Å². The van der Waals surface area contributed by atoms with Gasteiger partial charge in [-0.1, -0.05) is 6.58 Å². The second-order valence-corrected chi connectivity index (χ2v) is 2.72. The molecule has 0 aliphatic carbocycles. The fourth-order valence-corrected chi connectivity index (χ4v) is 0.979. The highest BCUT2D eigenvalue weighted by atomic mass is 19.3. The molecular formula is C9H9F2N3O. The molecule has 0 saturated heterocycles. The van der Waals surface area contributed by atoms with Crippen LogP contribution >= 0.6 is 0 Å². The van der Waals surface area contributed by atoms with Crippen molar-refractivity contribution in [2.45, 2.75) is 6.43 Å². The molecule has 0 radical (unpaired) electrons. The summed E-state index contributed by atoms with van der Waals surface area (Å²) in [7, 11) is 0. The molecule has 0 atom stereocenters. The smallest absolute Gasteiger partial charge is 0.280 e. The number of halogens is 2. The van der Waals surface area contributed by atoms with Gasteiger partial charge in [-0.05, 0) is 6.08 Å². The number of nitrogens with one attached hydrogen (secondary N) is 1. The number of allylic oxidation sites excluding steroid dienone is 2. The molecule has 1 heterocycles. The van der Waals surface area contributed by atoms with Crippen LogP contribution in [0, 0.1) is 0 Å². The zero-order valence-corrected chi connectivity index (χ0v) is 7.71. The maximum atomic E-state index is 12.4. The second kappa shape index (κ2) is 4.50. The van der Waals surface area contributed by atoms with Crippen molar-refractivity contribution in [3.8, 4) is 0 Å². The van der Waals surface area contributed by atoms with E-state index in [0.717, 1.165) is 12.3 Å². The molecule has 0 aromatic rings. The van der Waals surface area contributed by atoms with Gasteiger partial charge in [0.05, 0.1) is 5.57 Å². The van der Waals surface area contributed by atoms with Crippen LogP contribution in [-0.4, -0.2) is 18.5 Å². The first-order valence-corrected chi connectivity index (χ1v) is 4.00. The normalized spacial score (nSPS) is 17.0. The van der Waals surface area contributed by atoms with Crippen LogP contribution in [-0.2, 0) is 4.79 Å². The fraction of sp³-hybridized carbons (Fsp3) is 0.111. The minimum Gasteiger partial charge on any atom is -0.404 e. The van der Waals surface area contributed by atoms with Gasteiger partial charge in [-0.15, -0.1) is 0 Å². The van der Waals surface area contributed by atoms with Gasteiger partial charge in [0.25, 0.3) is 6.43 Å². The van der Waals surface area contributed by atoms with Crippen LogP contribution in [0.25, 0.3) is 0 Å². The Balaban J connectivity index is 3.07. The van der Waals surface area contributed by atoms with Gasteiger partial charge in [0.1, 0.15) is 11.5 Å². The molecule has 0 saturated carbocycles. The third kappa shape index (κ3) is 2.49. The van der Waals surface area contributed by atoms with Crippen LogP contribution in [0.15, 0.2) is 40.8 Å². The van der Waals surface area contributed by atoms with E-state index in [1.807, 2.05) is 0 Å². The summed E-state index contributed by atoms with van der Waals surface area (Å²) in [5, 5.41) is 2.57. The van der Waals surface area contributed by atoms with Gasteiger partial charge in [0, 0.05) is 11.9 Å². The predicted molar refractivity (Wildman–Crippen MR) is 52.1 cm³/mol. The first kappa shape index (κ1) is 11.1. The van der Waals surface area contributed by atoms with E-state index >= 15 is 0 Å². The number of hydrogen-bond acceptors (Lipinski definition) is 4. The van der Waals surface area contributed by atoms with Crippen molar-refractivity contribution >= 4 is 12.1 Å². The summed E-state index contributed by atoms with van der Waals surface area (Å²) in [6, 6.07) is 0. The van der Waals surface area contributed by atoms with Crippen LogP contribution in [0.2, 0.25) is 0 Å². The Morgan fingerprint density at radius 1 is 1.67 bits per heavy atom. The van der Waals surface area contributed by atoms with E-state index in [2.05, 4.69) is 16.9 Å². The van der Waals surface area contributed by atoms with E-state index in [-0.39, 0.29) is 17.1 Å². The highest BCUT2D eigenvalue weighted by molar-refractivity contribution is 6.14. The van der Waals surface area contributed by atoms with Crippen LogP contribution in [0.3, 0.4) is 0 Å². The second-order valence-electron chi connectivity index (χ2n) is 2.72. The van der Waals surface area contributed by atoms with Gasteiger partial charge in [-0.2, -0.15) is 0 Å². The summed E-state index contributed by atoms with van der Waals surface area (Å²) in [5.41, 5.74) is 4.92. The topological polar surface area (TPSA) is 67.5 Å². The van der Waals surface area contributed by atoms with Crippen molar-refractivity contribution in [2.24, 2.45) is 10.7 Å². The summed E-state index contributed by atoms with van der Waals surface area (Å²) < 4.78 is 24.7. The number of aldehydes is 1. The highest BCUT2D eigenvalue weighted by Gasteiger charge is 2.18. The van der Waals surface area contributed by atoms with Gasteiger partial charge >= 0.3 is 0 Å². The predicted octanol–water partition coefficient (Wildman–Crippen LogP) is 0.692. The molecular weight excluding hydrogens is 204 g/mol. The lowest BCUT2D eigenvalue weighted by Gasteiger charge is -2.15. The molecule has 0 bridgehead atoms. The van der Waals surface area contributed by atoms with Crippen LogP contribution in [0.4, 0.5) is 8.78 Å². The van der Waals surface area contributed by atoms with Gasteiger partial charge in [-0.25, -0.2) is 13.8 Å². The van der Waals surface area contributed by atoms with E-state index in [4.69, 9.17) is 5.73 Å². The molecule has 1 aliphatic rings. The quantitative estimate of drug-likeness (QED) is 0.535. The molecule has 6 heteroatoms. The lowest BCUT2D eigenvalue weighted by Crippen LogP contribution is -2.28. The molecule has 1 rings (SSSR count). The largest absolute Gasteiger partial charge is 0.404 e. The molecule has 0 aromatic heterocycles. The zero-order valence-electron chi connectivity index (χ0n) is 7.71. The molecule has 0 fully saturated rings. The molecule has 0 amide bonds. The Bertz CT molecular complexity index is 383. The highest BCUT2D eigenvalue weighted by Crippen LogP contribution is 2.16. The van der Waals surface area contributed by atoms with Crippen LogP contribution in [0.5, 0.6) is 0 Å². The van der Waals surface area contributed by atoms with E-state index in [9.17, 15) is 13.6 Å². The lowest BCUT2D eigenvalue weighted by atomic mass is 10.2. The molecule has 0 aromatic carbocycles. The average Bonchev–Trinajstić information content (AvgIpc) is 2.18. The van der Waals surface area contributed by atoms with Gasteiger partial charge in [0.15, 0.2) is 6.29 Å². The summed E-state index contributed by atoms with van der Waals surface area (Å²) >= 11 is 0. The van der Waals surface area contributed by atoms with Crippen molar-refractivity contribution in [1.82, 2.24) is 5.32 Å². The van der Waals surface area contributed by atoms with Crippen molar-refractivity contribution in [2.75, 3.05) is 0 Å². The van der Waals surface area contributed by atoms with Gasteiger partial charge in [-0.3, -0.25) is 4.79 Å². The Kier molecular flexibility index (Phi) is 3.33. The fourth-order valence-electron chi connectivity index (χ4n) is 0.979. The average molecular weight is 213 g/mol. The third-order valence-electron chi connectivity index (χ3n) is 1.65. The van der Waals surface area contributed by atoms with Gasteiger partial charge in [0.2, 0.25) is 0 Å². The SMILES string of the molecule is C=C1C=C(C(F)F)N=C(C(C=O)=CN)N1. The van der Waals surface area contributed by atoms with E-state index in [1.165, 1.54) is 0 Å². The summed E-state index contributed by atoms with van der Waals surface area (Å²) in [5.74, 6) is -0.0182. The van der Waals surface area contributed by atoms with Gasteiger partial charge < -0.3 is 11.1 Å². The monoisotopic (exact) mass is 213 g/mol. The number of rotatable bonds is 3. The zero-order chi connectivity index (χ0) is 11.4. The molecule has 0 spiro atoms. The summed E-state index contributed by atoms with van der Waals surface area (Å²) in [6.45, 7) is 3.46. The molecule has 15 heavy (non-hydrogen) atoms. The summed E-state index contributed by atoms with van der Waals surface area (Å²) in [4.78, 5) is 14.1. The Morgan fingerprint density at radius 2 is 2.33 bits per heavy atom. The Morgan fingerprint density at radius 3 is 2.80 bits per heavy atom. The van der Waals surface area contributed by atoms with E-state index in [0.29, 0.717) is 6.29 Å². The minimum absolute atomic E-state index is 0.00222. The number of nitrogens with two attached hydrogens (primary N) is 1. The Labute approximate surface area is 84.9 Å². The maximum Gasteiger partial charge on any atom is 0.280 e. The molecule has 0 unspecified atom stereocenters. The lowest BCUT2D eigenvalue weighted by molar-refractivity contribution is -0.104. The van der Waals surface area contributed by atoms with Crippen molar-refractivity contribution < 1.29 is 13.6 Å². The molecule has 3 N–H and O–H groups in total. The number of aliphatic imine (C=N–C) groups is 1. The molecule has 1 aliphatic heterocycles. The number of carbonyl (C=O) groups is 1. The maximum absolute atomic E-state index is 12.4. The van der Waals surface area contributed by atoms with E-state index < -0.39 is 12.1 Å². The number of carbonyl (C=O) groups excluding carboxylic acids is 1. The van der Waals surface area contributed by atoms with E-state index in [1.54, 1.807) is 0 Å². The third-order valence-corrected chi connectivity index (χ3v) is 1.65. The number of hydrogen-bond donors (Lipinski definition) is 2.